The van der Waals surface area contributed by atoms with E-state index >= 15 is 0 Å². The number of aliphatic hydroxyl groups is 1. The lowest BCUT2D eigenvalue weighted by Crippen LogP contribution is -2.37. The normalized spacial score (nSPS) is 10.0. The quantitative estimate of drug-likeness (QED) is 0.801. The third kappa shape index (κ3) is 4.13. The molecule has 0 aliphatic carbocycles. The molecule has 0 fully saturated rings. The minimum absolute atomic E-state index is 0.111. The van der Waals surface area contributed by atoms with Crippen molar-refractivity contribution in [1.29, 1.82) is 0 Å². The first kappa shape index (κ1) is 15.7. The lowest BCUT2D eigenvalue weighted by molar-refractivity contribution is 0.195. The Balaban J connectivity index is 2.04. The third-order valence-corrected chi connectivity index (χ3v) is 2.98. The van der Waals surface area contributed by atoms with E-state index < -0.39 is 0 Å². The predicted molar refractivity (Wildman–Crippen MR) is 85.3 cm³/mol. The van der Waals surface area contributed by atoms with Gasteiger partial charge in [-0.25, -0.2) is 4.79 Å². The summed E-state index contributed by atoms with van der Waals surface area (Å²) < 4.78 is 0. The minimum Gasteiger partial charge on any atom is -0.395 e. The number of aromatic nitrogens is 2. The molecule has 1 aromatic heterocycles. The van der Waals surface area contributed by atoms with E-state index in [1.54, 1.807) is 18.2 Å². The highest BCUT2D eigenvalue weighted by Crippen LogP contribution is 2.16. The van der Waals surface area contributed by atoms with Gasteiger partial charge in [-0.1, -0.05) is 36.4 Å². The highest BCUT2D eigenvalue weighted by atomic mass is 16.3. The van der Waals surface area contributed by atoms with Gasteiger partial charge >= 0.3 is 6.03 Å². The third-order valence-electron chi connectivity index (χ3n) is 2.98. The average molecular weight is 298 g/mol. The number of nitrogens with zero attached hydrogens (tertiary/aromatic N) is 3. The molecule has 0 aliphatic rings. The van der Waals surface area contributed by atoms with Gasteiger partial charge in [0.2, 0.25) is 0 Å². The van der Waals surface area contributed by atoms with E-state index in [2.05, 4.69) is 22.1 Å². The van der Waals surface area contributed by atoms with Crippen molar-refractivity contribution in [1.82, 2.24) is 15.1 Å². The smallest absolute Gasteiger partial charge is 0.323 e. The SMILES string of the molecule is C=CCN(CCO)C(=O)Nc1ccc(-c2ccccc2)nn1. The first-order chi connectivity index (χ1) is 10.7. The minimum atomic E-state index is -0.351. The molecule has 1 heterocycles. The van der Waals surface area contributed by atoms with Crippen LogP contribution in [0.3, 0.4) is 0 Å². The number of rotatable bonds is 6. The van der Waals surface area contributed by atoms with Gasteiger partial charge in [0, 0.05) is 18.7 Å². The summed E-state index contributed by atoms with van der Waals surface area (Å²) in [5.41, 5.74) is 1.69. The van der Waals surface area contributed by atoms with Crippen LogP contribution in [0.2, 0.25) is 0 Å². The number of amides is 2. The maximum absolute atomic E-state index is 12.0. The Morgan fingerprint density at radius 1 is 1.23 bits per heavy atom. The molecule has 0 spiro atoms. The van der Waals surface area contributed by atoms with E-state index in [-0.39, 0.29) is 19.2 Å². The van der Waals surface area contributed by atoms with Crippen LogP contribution < -0.4 is 5.32 Å². The topological polar surface area (TPSA) is 78.4 Å². The molecule has 0 unspecified atom stereocenters. The number of nitrogens with one attached hydrogen (secondary N) is 1. The van der Waals surface area contributed by atoms with Crippen LogP contribution in [0.15, 0.2) is 55.1 Å². The fraction of sp³-hybridized carbons (Fsp3) is 0.188. The van der Waals surface area contributed by atoms with Crippen molar-refractivity contribution < 1.29 is 9.90 Å². The van der Waals surface area contributed by atoms with E-state index in [4.69, 9.17) is 5.11 Å². The Morgan fingerprint density at radius 3 is 2.59 bits per heavy atom. The number of aliphatic hydroxyl groups excluding tert-OH is 1. The summed E-state index contributed by atoms with van der Waals surface area (Å²) in [6.45, 7) is 4.05. The molecule has 0 radical (unpaired) electrons. The summed E-state index contributed by atoms with van der Waals surface area (Å²) in [4.78, 5) is 13.5. The second-order valence-electron chi connectivity index (χ2n) is 4.56. The van der Waals surface area contributed by atoms with Crippen LogP contribution in [0.25, 0.3) is 11.3 Å². The van der Waals surface area contributed by atoms with Crippen LogP contribution >= 0.6 is 0 Å². The average Bonchev–Trinajstić information content (AvgIpc) is 2.56. The molecule has 0 bridgehead atoms. The predicted octanol–water partition coefficient (Wildman–Crippen LogP) is 2.16. The lowest BCUT2D eigenvalue weighted by atomic mass is 10.1. The highest BCUT2D eigenvalue weighted by Gasteiger charge is 2.12. The molecule has 6 nitrogen and oxygen atoms in total. The van der Waals surface area contributed by atoms with Crippen molar-refractivity contribution >= 4 is 11.8 Å². The fourth-order valence-corrected chi connectivity index (χ4v) is 1.90. The van der Waals surface area contributed by atoms with Gasteiger partial charge in [-0.2, -0.15) is 0 Å². The largest absolute Gasteiger partial charge is 0.395 e. The van der Waals surface area contributed by atoms with E-state index in [9.17, 15) is 4.79 Å². The first-order valence-corrected chi connectivity index (χ1v) is 6.91. The van der Waals surface area contributed by atoms with Crippen LogP contribution in [0.1, 0.15) is 0 Å². The molecule has 2 aromatic rings. The number of carbonyl (C=O) groups excluding carboxylic acids is 1. The van der Waals surface area contributed by atoms with Gasteiger partial charge in [0.1, 0.15) is 0 Å². The van der Waals surface area contributed by atoms with Crippen LogP contribution in [0.4, 0.5) is 10.6 Å². The van der Waals surface area contributed by atoms with Crippen LogP contribution in [-0.4, -0.2) is 45.9 Å². The zero-order valence-corrected chi connectivity index (χ0v) is 12.1. The van der Waals surface area contributed by atoms with Crippen LogP contribution in [-0.2, 0) is 0 Å². The molecule has 0 atom stereocenters. The molecule has 1 aromatic carbocycles. The van der Waals surface area contributed by atoms with Crippen molar-refractivity contribution in [2.45, 2.75) is 0 Å². The molecule has 6 heteroatoms. The van der Waals surface area contributed by atoms with Crippen molar-refractivity contribution in [3.8, 4) is 11.3 Å². The van der Waals surface area contributed by atoms with E-state index in [0.29, 0.717) is 12.4 Å². The molecule has 2 rings (SSSR count). The van der Waals surface area contributed by atoms with E-state index in [1.807, 2.05) is 30.3 Å². The van der Waals surface area contributed by atoms with Gasteiger partial charge < -0.3 is 10.0 Å². The number of benzene rings is 1. The van der Waals surface area contributed by atoms with E-state index in [0.717, 1.165) is 11.3 Å². The Hall–Kier alpha value is -2.73. The number of urea groups is 1. The molecular formula is C16H18N4O2. The maximum atomic E-state index is 12.0. The fourth-order valence-electron chi connectivity index (χ4n) is 1.90. The van der Waals surface area contributed by atoms with Gasteiger partial charge in [-0.15, -0.1) is 16.8 Å². The van der Waals surface area contributed by atoms with Gasteiger partial charge in [0.25, 0.3) is 0 Å². The Kier molecular flexibility index (Phi) is 5.62. The maximum Gasteiger partial charge on any atom is 0.323 e. The highest BCUT2D eigenvalue weighted by molar-refractivity contribution is 5.88. The zero-order chi connectivity index (χ0) is 15.8. The molecule has 2 amide bonds. The monoisotopic (exact) mass is 298 g/mol. The Morgan fingerprint density at radius 2 is 2.00 bits per heavy atom. The van der Waals surface area contributed by atoms with Gasteiger partial charge in [0.05, 0.1) is 12.3 Å². The summed E-state index contributed by atoms with van der Waals surface area (Å²) in [5.74, 6) is 0.358. The second kappa shape index (κ2) is 7.90. The zero-order valence-electron chi connectivity index (χ0n) is 12.1. The summed E-state index contributed by atoms with van der Waals surface area (Å²) in [7, 11) is 0. The van der Waals surface area contributed by atoms with Crippen molar-refractivity contribution in [2.75, 3.05) is 25.0 Å². The number of carbonyl (C=O) groups is 1. The second-order valence-corrected chi connectivity index (χ2v) is 4.56. The molecule has 22 heavy (non-hydrogen) atoms. The van der Waals surface area contributed by atoms with Gasteiger partial charge in [0.15, 0.2) is 5.82 Å². The molecule has 0 saturated carbocycles. The van der Waals surface area contributed by atoms with Gasteiger partial charge in [-0.3, -0.25) is 5.32 Å². The van der Waals surface area contributed by atoms with Crippen LogP contribution in [0.5, 0.6) is 0 Å². The van der Waals surface area contributed by atoms with E-state index in [1.165, 1.54) is 4.90 Å². The molecule has 114 valence electrons. The van der Waals surface area contributed by atoms with Crippen molar-refractivity contribution in [2.24, 2.45) is 0 Å². The van der Waals surface area contributed by atoms with Gasteiger partial charge in [-0.05, 0) is 12.1 Å². The Labute approximate surface area is 129 Å². The molecule has 0 saturated heterocycles. The summed E-state index contributed by atoms with van der Waals surface area (Å²) in [5, 5.41) is 19.7. The molecule has 2 N–H and O–H groups in total. The summed E-state index contributed by atoms with van der Waals surface area (Å²) in [6, 6.07) is 12.8. The van der Waals surface area contributed by atoms with Crippen molar-refractivity contribution in [3.63, 3.8) is 0 Å². The number of hydrogen-bond donors (Lipinski definition) is 2. The molecular weight excluding hydrogens is 280 g/mol. The standard InChI is InChI=1S/C16H18N4O2/c1-2-10-20(11-12-21)16(22)17-15-9-8-14(18-19-15)13-6-4-3-5-7-13/h2-9,21H,1,10-12H2,(H,17,19,22). The van der Waals surface area contributed by atoms with Crippen LogP contribution in [0, 0.1) is 0 Å². The number of anilines is 1. The summed E-state index contributed by atoms with van der Waals surface area (Å²) >= 11 is 0. The number of hydrogen-bond acceptors (Lipinski definition) is 4. The first-order valence-electron chi connectivity index (χ1n) is 6.91. The lowest BCUT2D eigenvalue weighted by Gasteiger charge is -2.19. The van der Waals surface area contributed by atoms with Crippen molar-refractivity contribution in [3.05, 3.63) is 55.1 Å². The Bertz CT molecular complexity index is 614. The summed E-state index contributed by atoms with van der Waals surface area (Å²) in [6.07, 6.45) is 1.60. The molecule has 0 aliphatic heterocycles.